The van der Waals surface area contributed by atoms with Gasteiger partial charge in [-0.2, -0.15) is 0 Å². The van der Waals surface area contributed by atoms with Gasteiger partial charge in [-0.05, 0) is 24.3 Å². The van der Waals surface area contributed by atoms with Crippen LogP contribution >= 0.6 is 11.3 Å². The van der Waals surface area contributed by atoms with Gasteiger partial charge in [-0.1, -0.05) is 6.07 Å². The summed E-state index contributed by atoms with van der Waals surface area (Å²) < 4.78 is 0. The van der Waals surface area contributed by atoms with Gasteiger partial charge in [-0.15, -0.1) is 11.3 Å². The maximum absolute atomic E-state index is 12.4. The van der Waals surface area contributed by atoms with Crippen molar-refractivity contribution >= 4 is 29.1 Å². The van der Waals surface area contributed by atoms with Crippen molar-refractivity contribution in [3.05, 3.63) is 22.4 Å². The molecule has 1 saturated heterocycles. The lowest BCUT2D eigenvalue weighted by molar-refractivity contribution is -0.146. The second kappa shape index (κ2) is 7.40. The summed E-state index contributed by atoms with van der Waals surface area (Å²) in [6, 6.07) is 3.47. The molecule has 0 aromatic carbocycles. The van der Waals surface area contributed by atoms with Gasteiger partial charge in [-0.3, -0.25) is 14.4 Å². The van der Waals surface area contributed by atoms with Crippen LogP contribution in [0.3, 0.4) is 0 Å². The van der Waals surface area contributed by atoms with Crippen LogP contribution in [0.5, 0.6) is 0 Å². The van der Waals surface area contributed by atoms with Crippen LogP contribution in [0.4, 0.5) is 0 Å². The minimum Gasteiger partial charge on any atom is -0.481 e. The first-order valence-electron chi connectivity index (χ1n) is 7.28. The fourth-order valence-electron chi connectivity index (χ4n) is 2.64. The number of thiophene rings is 1. The van der Waals surface area contributed by atoms with Gasteiger partial charge in [0.15, 0.2) is 0 Å². The fourth-order valence-corrected chi connectivity index (χ4v) is 3.42. The quantitative estimate of drug-likeness (QED) is 0.862. The summed E-state index contributed by atoms with van der Waals surface area (Å²) in [5.41, 5.74) is 0. The molecule has 2 N–H and O–H groups in total. The Kier molecular flexibility index (Phi) is 5.54. The zero-order valence-electron chi connectivity index (χ0n) is 12.4. The van der Waals surface area contributed by atoms with E-state index < -0.39 is 5.97 Å². The van der Waals surface area contributed by atoms with Gasteiger partial charge in [0.25, 0.3) is 0 Å². The number of nitrogens with one attached hydrogen (secondary N) is 1. The van der Waals surface area contributed by atoms with Crippen LogP contribution in [-0.2, 0) is 14.4 Å². The van der Waals surface area contributed by atoms with Crippen LogP contribution in [0.15, 0.2) is 17.5 Å². The first kappa shape index (κ1) is 16.5. The molecule has 0 bridgehead atoms. The van der Waals surface area contributed by atoms with Crippen molar-refractivity contribution in [1.82, 2.24) is 10.2 Å². The molecule has 0 saturated carbocycles. The highest BCUT2D eigenvalue weighted by Gasteiger charge is 2.28. The minimum atomic E-state index is -0.790. The highest BCUT2D eigenvalue weighted by Crippen LogP contribution is 2.24. The molecule has 2 heterocycles. The lowest BCUT2D eigenvalue weighted by atomic mass is 9.96. The molecule has 22 heavy (non-hydrogen) atoms. The van der Waals surface area contributed by atoms with Crippen LogP contribution in [0, 0.1) is 5.92 Å². The Morgan fingerprint density at radius 3 is 2.59 bits per heavy atom. The third kappa shape index (κ3) is 4.30. The SMILES string of the molecule is CC(=O)NC(CC(=O)N1CCC(C(=O)O)CC1)c1cccs1. The summed E-state index contributed by atoms with van der Waals surface area (Å²) in [7, 11) is 0. The molecule has 0 radical (unpaired) electrons. The van der Waals surface area contributed by atoms with E-state index in [1.165, 1.54) is 18.3 Å². The van der Waals surface area contributed by atoms with E-state index in [0.29, 0.717) is 25.9 Å². The van der Waals surface area contributed by atoms with Gasteiger partial charge in [0.1, 0.15) is 0 Å². The minimum absolute atomic E-state index is 0.0454. The Hall–Kier alpha value is -1.89. The fraction of sp³-hybridized carbons (Fsp3) is 0.533. The number of carbonyl (C=O) groups is 3. The van der Waals surface area contributed by atoms with E-state index in [-0.39, 0.29) is 30.2 Å². The largest absolute Gasteiger partial charge is 0.481 e. The number of carboxylic acids is 1. The molecule has 7 heteroatoms. The van der Waals surface area contributed by atoms with Crippen molar-refractivity contribution in [2.45, 2.75) is 32.2 Å². The summed E-state index contributed by atoms with van der Waals surface area (Å²) in [5, 5.41) is 13.7. The zero-order valence-corrected chi connectivity index (χ0v) is 13.3. The van der Waals surface area contributed by atoms with Gasteiger partial charge in [-0.25, -0.2) is 0 Å². The smallest absolute Gasteiger partial charge is 0.306 e. The van der Waals surface area contributed by atoms with E-state index in [1.54, 1.807) is 4.90 Å². The molecule has 1 atom stereocenters. The molecule has 6 nitrogen and oxygen atoms in total. The lowest BCUT2D eigenvalue weighted by Gasteiger charge is -2.31. The lowest BCUT2D eigenvalue weighted by Crippen LogP contribution is -2.42. The second-order valence-corrected chi connectivity index (χ2v) is 6.45. The van der Waals surface area contributed by atoms with Crippen molar-refractivity contribution in [2.75, 3.05) is 13.1 Å². The molecular formula is C15H20N2O4S. The van der Waals surface area contributed by atoms with Crippen molar-refractivity contribution in [3.8, 4) is 0 Å². The summed E-state index contributed by atoms with van der Waals surface area (Å²) in [4.78, 5) is 37.3. The van der Waals surface area contributed by atoms with E-state index in [4.69, 9.17) is 5.11 Å². The first-order valence-corrected chi connectivity index (χ1v) is 8.16. The van der Waals surface area contributed by atoms with Crippen molar-refractivity contribution < 1.29 is 19.5 Å². The number of hydrogen-bond acceptors (Lipinski definition) is 4. The predicted molar refractivity (Wildman–Crippen MR) is 82.4 cm³/mol. The average molecular weight is 324 g/mol. The van der Waals surface area contributed by atoms with Crippen LogP contribution in [0.1, 0.15) is 37.1 Å². The molecular weight excluding hydrogens is 304 g/mol. The molecule has 0 aliphatic carbocycles. The zero-order chi connectivity index (χ0) is 16.1. The Morgan fingerprint density at radius 1 is 1.41 bits per heavy atom. The molecule has 1 aromatic heterocycles. The Balaban J connectivity index is 1.94. The number of hydrogen-bond donors (Lipinski definition) is 2. The van der Waals surface area contributed by atoms with Crippen LogP contribution < -0.4 is 5.32 Å². The predicted octanol–water partition coefficient (Wildman–Crippen LogP) is 1.64. The Bertz CT molecular complexity index is 536. The topological polar surface area (TPSA) is 86.7 Å². The summed E-state index contributed by atoms with van der Waals surface area (Å²) in [6.07, 6.45) is 1.19. The van der Waals surface area contributed by atoms with Crippen molar-refractivity contribution in [3.63, 3.8) is 0 Å². The standard InChI is InChI=1S/C15H20N2O4S/c1-10(18)16-12(13-3-2-8-22-13)9-14(19)17-6-4-11(5-7-17)15(20)21/h2-3,8,11-12H,4-7,9H2,1H3,(H,16,18)(H,20,21). The maximum atomic E-state index is 12.4. The molecule has 1 aliphatic heterocycles. The van der Waals surface area contributed by atoms with Crippen molar-refractivity contribution in [1.29, 1.82) is 0 Å². The highest BCUT2D eigenvalue weighted by atomic mass is 32.1. The van der Waals surface area contributed by atoms with Crippen LogP contribution in [-0.4, -0.2) is 40.9 Å². The number of aliphatic carboxylic acids is 1. The Morgan fingerprint density at radius 2 is 2.09 bits per heavy atom. The van der Waals surface area contributed by atoms with E-state index in [1.807, 2.05) is 17.5 Å². The molecule has 1 aromatic rings. The Labute approximate surface area is 133 Å². The number of nitrogens with zero attached hydrogens (tertiary/aromatic N) is 1. The molecule has 0 spiro atoms. The van der Waals surface area contributed by atoms with E-state index in [2.05, 4.69) is 5.32 Å². The monoisotopic (exact) mass is 324 g/mol. The first-order chi connectivity index (χ1) is 10.5. The van der Waals surface area contributed by atoms with Gasteiger partial charge >= 0.3 is 5.97 Å². The van der Waals surface area contributed by atoms with Gasteiger partial charge < -0.3 is 15.3 Å². The number of likely N-dealkylation sites (tertiary alicyclic amines) is 1. The second-order valence-electron chi connectivity index (χ2n) is 5.47. The third-order valence-electron chi connectivity index (χ3n) is 3.84. The van der Waals surface area contributed by atoms with Gasteiger partial charge in [0.2, 0.25) is 11.8 Å². The molecule has 1 fully saturated rings. The van der Waals surface area contributed by atoms with Crippen molar-refractivity contribution in [2.24, 2.45) is 5.92 Å². The average Bonchev–Trinajstić information content (AvgIpc) is 3.00. The molecule has 1 unspecified atom stereocenters. The summed E-state index contributed by atoms with van der Waals surface area (Å²) in [6.45, 7) is 2.36. The van der Waals surface area contributed by atoms with Crippen LogP contribution in [0.2, 0.25) is 0 Å². The third-order valence-corrected chi connectivity index (χ3v) is 4.83. The van der Waals surface area contributed by atoms with Crippen LogP contribution in [0.25, 0.3) is 0 Å². The molecule has 2 rings (SSSR count). The normalized spacial score (nSPS) is 17.0. The highest BCUT2D eigenvalue weighted by molar-refractivity contribution is 7.10. The number of rotatable bonds is 5. The van der Waals surface area contributed by atoms with Gasteiger partial charge in [0.05, 0.1) is 18.4 Å². The number of carboxylic acid groups (broad SMARTS) is 1. The maximum Gasteiger partial charge on any atom is 0.306 e. The summed E-state index contributed by atoms with van der Waals surface area (Å²) >= 11 is 1.50. The molecule has 120 valence electrons. The number of amides is 2. The summed E-state index contributed by atoms with van der Waals surface area (Å²) in [5.74, 6) is -1.36. The number of carbonyl (C=O) groups excluding carboxylic acids is 2. The number of piperidine rings is 1. The van der Waals surface area contributed by atoms with E-state index >= 15 is 0 Å². The van der Waals surface area contributed by atoms with Gasteiger partial charge in [0, 0.05) is 24.9 Å². The molecule has 1 aliphatic rings. The van der Waals surface area contributed by atoms with E-state index in [9.17, 15) is 14.4 Å². The molecule has 2 amide bonds. The van der Waals surface area contributed by atoms with E-state index in [0.717, 1.165) is 4.88 Å².